The Hall–Kier alpha value is -2.28. The highest BCUT2D eigenvalue weighted by Crippen LogP contribution is 2.35. The van der Waals surface area contributed by atoms with Gasteiger partial charge in [0.1, 0.15) is 6.17 Å². The zero-order valence-electron chi connectivity index (χ0n) is 13.2. The van der Waals surface area contributed by atoms with Crippen molar-refractivity contribution in [2.45, 2.75) is 38.4 Å². The fourth-order valence-corrected chi connectivity index (χ4v) is 3.57. The molecule has 0 saturated carbocycles. The minimum absolute atomic E-state index is 0.0610. The van der Waals surface area contributed by atoms with E-state index >= 15 is 0 Å². The van der Waals surface area contributed by atoms with E-state index in [0.29, 0.717) is 12.0 Å². The SMILES string of the molecule is CC1=C2CC(c3ccn[nH]3)=CN([C@@H]3CCCOC3)C2NC(N)=N1. The maximum absolute atomic E-state index is 5.96. The molecule has 1 fully saturated rings. The second-order valence-electron chi connectivity index (χ2n) is 6.27. The monoisotopic (exact) mass is 314 g/mol. The lowest BCUT2D eigenvalue weighted by Gasteiger charge is -2.45. The van der Waals surface area contributed by atoms with Crippen LogP contribution >= 0.6 is 0 Å². The fraction of sp³-hybridized carbons (Fsp3) is 0.500. The molecule has 4 heterocycles. The molecule has 2 atom stereocenters. The highest BCUT2D eigenvalue weighted by atomic mass is 16.5. The molecule has 1 saturated heterocycles. The smallest absolute Gasteiger partial charge is 0.195 e. The number of aliphatic imine (C=N–C) groups is 1. The van der Waals surface area contributed by atoms with Crippen LogP contribution in [-0.4, -0.2) is 46.5 Å². The first-order valence-corrected chi connectivity index (χ1v) is 8.08. The van der Waals surface area contributed by atoms with Crippen LogP contribution in [0, 0.1) is 0 Å². The predicted molar refractivity (Wildman–Crippen MR) is 88.1 cm³/mol. The number of ether oxygens (including phenoxy) is 1. The number of hydrogen-bond donors (Lipinski definition) is 3. The van der Waals surface area contributed by atoms with E-state index < -0.39 is 0 Å². The molecule has 23 heavy (non-hydrogen) atoms. The van der Waals surface area contributed by atoms with Crippen LogP contribution in [0.2, 0.25) is 0 Å². The summed E-state index contributed by atoms with van der Waals surface area (Å²) in [4.78, 5) is 6.76. The Labute approximate surface area is 135 Å². The second-order valence-corrected chi connectivity index (χ2v) is 6.27. The number of allylic oxidation sites excluding steroid dienone is 2. The van der Waals surface area contributed by atoms with Gasteiger partial charge in [0.2, 0.25) is 0 Å². The third-order valence-corrected chi connectivity index (χ3v) is 4.76. The average molecular weight is 314 g/mol. The van der Waals surface area contributed by atoms with Gasteiger partial charge >= 0.3 is 0 Å². The van der Waals surface area contributed by atoms with Gasteiger partial charge in [-0.25, -0.2) is 4.99 Å². The molecule has 4 rings (SSSR count). The molecule has 0 amide bonds. The Morgan fingerprint density at radius 2 is 2.35 bits per heavy atom. The van der Waals surface area contributed by atoms with Gasteiger partial charge in [-0.15, -0.1) is 0 Å². The quantitative estimate of drug-likeness (QED) is 0.762. The number of nitrogens with two attached hydrogens (primary N) is 1. The summed E-state index contributed by atoms with van der Waals surface area (Å²) in [7, 11) is 0. The van der Waals surface area contributed by atoms with E-state index in [0.717, 1.165) is 43.9 Å². The summed E-state index contributed by atoms with van der Waals surface area (Å²) in [6, 6.07) is 2.35. The molecule has 1 unspecified atom stereocenters. The number of guanidine groups is 1. The van der Waals surface area contributed by atoms with E-state index in [1.165, 1.54) is 11.1 Å². The molecule has 0 aromatic carbocycles. The number of hydrogen-bond acceptors (Lipinski definition) is 6. The summed E-state index contributed by atoms with van der Waals surface area (Å²) in [6.07, 6.45) is 7.11. The molecule has 7 heteroatoms. The molecular weight excluding hydrogens is 292 g/mol. The maximum atomic E-state index is 5.96. The van der Waals surface area contributed by atoms with E-state index in [9.17, 15) is 0 Å². The zero-order valence-corrected chi connectivity index (χ0v) is 13.2. The number of H-pyrrole nitrogens is 1. The van der Waals surface area contributed by atoms with Gasteiger partial charge in [0.25, 0.3) is 0 Å². The fourth-order valence-electron chi connectivity index (χ4n) is 3.57. The predicted octanol–water partition coefficient (Wildman–Crippen LogP) is 1.15. The summed E-state index contributed by atoms with van der Waals surface area (Å²) in [5.41, 5.74) is 10.5. The molecule has 0 radical (unpaired) electrons. The zero-order chi connectivity index (χ0) is 15.8. The summed E-state index contributed by atoms with van der Waals surface area (Å²) >= 11 is 0. The standard InChI is InChI=1S/C16H22N6O/c1-10-13-7-11(14-4-5-18-21-14)8-22(12-3-2-6-23-9-12)15(13)20-16(17)19-10/h4-5,8,12,15H,2-3,6-7,9H2,1H3,(H,18,21)(H3,17,19,20)/t12-,15?/m1/s1. The van der Waals surface area contributed by atoms with Crippen LogP contribution in [0.25, 0.3) is 5.57 Å². The topological polar surface area (TPSA) is 91.6 Å². The number of nitrogens with one attached hydrogen (secondary N) is 2. The molecule has 1 aromatic rings. The Bertz CT molecular complexity index is 669. The van der Waals surface area contributed by atoms with Crippen molar-refractivity contribution in [2.24, 2.45) is 10.7 Å². The van der Waals surface area contributed by atoms with Crippen molar-refractivity contribution in [3.63, 3.8) is 0 Å². The number of fused-ring (bicyclic) bond motifs is 1. The van der Waals surface area contributed by atoms with Crippen LogP contribution in [0.4, 0.5) is 0 Å². The van der Waals surface area contributed by atoms with Crippen molar-refractivity contribution in [1.29, 1.82) is 0 Å². The largest absolute Gasteiger partial charge is 0.379 e. The number of nitrogens with zero attached hydrogens (tertiary/aromatic N) is 3. The van der Waals surface area contributed by atoms with Crippen LogP contribution in [0.15, 0.2) is 34.7 Å². The molecular formula is C16H22N6O. The summed E-state index contributed by atoms with van der Waals surface area (Å²) in [6.45, 7) is 3.63. The number of rotatable bonds is 2. The lowest BCUT2D eigenvalue weighted by atomic mass is 9.92. The van der Waals surface area contributed by atoms with Crippen LogP contribution in [0.3, 0.4) is 0 Å². The van der Waals surface area contributed by atoms with Crippen molar-refractivity contribution >= 4 is 11.5 Å². The Morgan fingerprint density at radius 3 is 3.09 bits per heavy atom. The minimum atomic E-state index is 0.0610. The molecule has 122 valence electrons. The first kappa shape index (κ1) is 14.3. The first-order valence-electron chi connectivity index (χ1n) is 8.08. The van der Waals surface area contributed by atoms with Gasteiger partial charge < -0.3 is 20.7 Å². The lowest BCUT2D eigenvalue weighted by molar-refractivity contribution is 0.0224. The molecule has 1 aromatic heterocycles. The molecule has 0 aliphatic carbocycles. The van der Waals surface area contributed by atoms with Crippen molar-refractivity contribution < 1.29 is 4.74 Å². The van der Waals surface area contributed by atoms with Crippen molar-refractivity contribution in [3.05, 3.63) is 35.4 Å². The van der Waals surface area contributed by atoms with Gasteiger partial charge in [0, 0.05) is 31.1 Å². The molecule has 7 nitrogen and oxygen atoms in total. The highest BCUT2D eigenvalue weighted by Gasteiger charge is 2.35. The van der Waals surface area contributed by atoms with Crippen molar-refractivity contribution in [3.8, 4) is 0 Å². The first-order chi connectivity index (χ1) is 11.2. The van der Waals surface area contributed by atoms with E-state index in [-0.39, 0.29) is 6.17 Å². The molecule has 3 aliphatic heterocycles. The van der Waals surface area contributed by atoms with E-state index in [1.54, 1.807) is 6.20 Å². The maximum Gasteiger partial charge on any atom is 0.195 e. The van der Waals surface area contributed by atoms with Crippen LogP contribution < -0.4 is 11.1 Å². The van der Waals surface area contributed by atoms with Crippen molar-refractivity contribution in [1.82, 2.24) is 20.4 Å². The Kier molecular flexibility index (Phi) is 3.57. The van der Waals surface area contributed by atoms with E-state index in [1.807, 2.05) is 13.0 Å². The minimum Gasteiger partial charge on any atom is -0.379 e. The van der Waals surface area contributed by atoms with E-state index in [4.69, 9.17) is 10.5 Å². The highest BCUT2D eigenvalue weighted by molar-refractivity contribution is 5.82. The van der Waals surface area contributed by atoms with Gasteiger partial charge in [-0.1, -0.05) is 0 Å². The molecule has 0 bridgehead atoms. The van der Waals surface area contributed by atoms with E-state index in [2.05, 4.69) is 31.6 Å². The normalized spacial score (nSPS) is 28.0. The average Bonchev–Trinajstić information content (AvgIpc) is 3.09. The van der Waals surface area contributed by atoms with Gasteiger partial charge in [-0.3, -0.25) is 5.10 Å². The molecule has 4 N–H and O–H groups in total. The van der Waals surface area contributed by atoms with Crippen molar-refractivity contribution in [2.75, 3.05) is 13.2 Å². The van der Waals surface area contributed by atoms with Gasteiger partial charge in [0.15, 0.2) is 5.96 Å². The van der Waals surface area contributed by atoms with Gasteiger partial charge in [-0.2, -0.15) is 5.10 Å². The third kappa shape index (κ3) is 2.61. The Balaban J connectivity index is 1.74. The second kappa shape index (κ2) is 5.73. The van der Waals surface area contributed by atoms with Gasteiger partial charge in [0.05, 0.1) is 18.3 Å². The summed E-state index contributed by atoms with van der Waals surface area (Å²) in [5, 5.41) is 10.5. The summed E-state index contributed by atoms with van der Waals surface area (Å²) in [5.74, 6) is 0.483. The third-order valence-electron chi connectivity index (χ3n) is 4.76. The molecule has 0 spiro atoms. The summed E-state index contributed by atoms with van der Waals surface area (Å²) < 4.78 is 5.70. The number of aromatic amines is 1. The molecule has 3 aliphatic rings. The van der Waals surface area contributed by atoms with Crippen LogP contribution in [0.1, 0.15) is 31.9 Å². The van der Waals surface area contributed by atoms with Crippen LogP contribution in [-0.2, 0) is 4.74 Å². The van der Waals surface area contributed by atoms with Gasteiger partial charge in [-0.05, 0) is 37.0 Å². The Morgan fingerprint density at radius 1 is 1.43 bits per heavy atom. The lowest BCUT2D eigenvalue weighted by Crippen LogP contribution is -2.57. The number of aromatic nitrogens is 2. The van der Waals surface area contributed by atoms with Crippen LogP contribution in [0.5, 0.6) is 0 Å².